The Labute approximate surface area is 122 Å². The largest absolute Gasteiger partial charge is 0.464 e. The van der Waals surface area contributed by atoms with Crippen molar-refractivity contribution in [3.8, 4) is 0 Å². The number of furan rings is 1. The number of fused-ring (bicyclic) bond motifs is 1. The fourth-order valence-electron chi connectivity index (χ4n) is 2.61. The highest BCUT2D eigenvalue weighted by Crippen LogP contribution is 2.19. The van der Waals surface area contributed by atoms with E-state index in [2.05, 4.69) is 0 Å². The van der Waals surface area contributed by atoms with Gasteiger partial charge in [-0.1, -0.05) is 6.07 Å². The molecule has 0 spiro atoms. The van der Waals surface area contributed by atoms with Crippen molar-refractivity contribution in [3.63, 3.8) is 0 Å². The molecule has 1 aromatic heterocycles. The van der Waals surface area contributed by atoms with Gasteiger partial charge in [0, 0.05) is 24.9 Å². The number of primary sulfonamides is 1. The first-order valence-electron chi connectivity index (χ1n) is 6.69. The topological polar surface area (TPSA) is 93.6 Å². The van der Waals surface area contributed by atoms with Gasteiger partial charge in [-0.2, -0.15) is 0 Å². The van der Waals surface area contributed by atoms with Gasteiger partial charge in [0.05, 0.1) is 6.26 Å². The van der Waals surface area contributed by atoms with Gasteiger partial charge in [0.15, 0.2) is 0 Å². The quantitative estimate of drug-likeness (QED) is 0.906. The second-order valence-corrected chi connectivity index (χ2v) is 7.14. The molecule has 1 aliphatic heterocycles. The fraction of sp³-hybridized carbons (Fsp3) is 0.357. The van der Waals surface area contributed by atoms with E-state index in [1.54, 1.807) is 11.2 Å². The number of hydrogen-bond donors (Lipinski definition) is 1. The highest BCUT2D eigenvalue weighted by atomic mass is 32.2. The number of likely N-dealkylation sites (tertiary alicyclic amines) is 1. The van der Waals surface area contributed by atoms with Gasteiger partial charge in [0.2, 0.25) is 15.9 Å². The summed E-state index contributed by atoms with van der Waals surface area (Å²) in [5.74, 6) is -0.154. The number of benzene rings is 1. The van der Waals surface area contributed by atoms with Crippen molar-refractivity contribution in [1.29, 1.82) is 0 Å². The van der Waals surface area contributed by atoms with Crippen molar-refractivity contribution in [1.82, 2.24) is 4.90 Å². The Hall–Kier alpha value is -1.86. The van der Waals surface area contributed by atoms with E-state index in [4.69, 9.17) is 9.56 Å². The Morgan fingerprint density at radius 2 is 2.14 bits per heavy atom. The van der Waals surface area contributed by atoms with Gasteiger partial charge < -0.3 is 9.32 Å². The summed E-state index contributed by atoms with van der Waals surface area (Å²) in [5.41, 5.74) is 1.90. The SMILES string of the molecule is NS(=O)(=O)C1CC(=O)N(CCc2ccc3occc3c2)C1. The summed E-state index contributed by atoms with van der Waals surface area (Å²) in [4.78, 5) is 13.4. The second-order valence-electron chi connectivity index (χ2n) is 5.30. The summed E-state index contributed by atoms with van der Waals surface area (Å²) in [5, 5.41) is 5.35. The van der Waals surface area contributed by atoms with Crippen molar-refractivity contribution < 1.29 is 17.6 Å². The van der Waals surface area contributed by atoms with Gasteiger partial charge in [0.25, 0.3) is 0 Å². The number of nitrogens with two attached hydrogens (primary N) is 1. The van der Waals surface area contributed by atoms with Crippen LogP contribution in [-0.2, 0) is 21.2 Å². The first-order valence-corrected chi connectivity index (χ1v) is 8.30. The van der Waals surface area contributed by atoms with Crippen molar-refractivity contribution in [2.24, 2.45) is 5.14 Å². The molecule has 1 unspecified atom stereocenters. The molecule has 1 amide bonds. The third kappa shape index (κ3) is 2.93. The Morgan fingerprint density at radius 3 is 2.86 bits per heavy atom. The van der Waals surface area contributed by atoms with Crippen LogP contribution in [0.15, 0.2) is 34.9 Å². The van der Waals surface area contributed by atoms with E-state index in [0.29, 0.717) is 13.0 Å². The van der Waals surface area contributed by atoms with Crippen LogP contribution in [0.4, 0.5) is 0 Å². The molecule has 0 aliphatic carbocycles. The Balaban J connectivity index is 1.66. The average Bonchev–Trinajstić information content (AvgIpc) is 3.01. The lowest BCUT2D eigenvalue weighted by Crippen LogP contribution is -2.33. The van der Waals surface area contributed by atoms with Crippen LogP contribution in [0.5, 0.6) is 0 Å². The lowest BCUT2D eigenvalue weighted by atomic mass is 10.1. The van der Waals surface area contributed by atoms with Crippen LogP contribution in [-0.4, -0.2) is 37.6 Å². The van der Waals surface area contributed by atoms with Crippen molar-refractivity contribution >= 4 is 26.9 Å². The summed E-state index contributed by atoms with van der Waals surface area (Å²) >= 11 is 0. The fourth-order valence-corrected chi connectivity index (χ4v) is 3.37. The monoisotopic (exact) mass is 308 g/mol. The van der Waals surface area contributed by atoms with Crippen LogP contribution < -0.4 is 5.14 Å². The third-order valence-electron chi connectivity index (χ3n) is 3.83. The minimum absolute atomic E-state index is 0.0143. The Morgan fingerprint density at radius 1 is 1.33 bits per heavy atom. The molecule has 2 aromatic rings. The first kappa shape index (κ1) is 14.1. The standard InChI is InChI=1S/C14H16N2O4S/c15-21(18,19)12-8-14(17)16(9-12)5-3-10-1-2-13-11(7-10)4-6-20-13/h1-2,4,6-7,12H,3,5,8-9H2,(H2,15,18,19). The van der Waals surface area contributed by atoms with E-state index >= 15 is 0 Å². The number of carbonyl (C=O) groups excluding carboxylic acids is 1. The van der Waals surface area contributed by atoms with E-state index in [-0.39, 0.29) is 18.9 Å². The van der Waals surface area contributed by atoms with Crippen molar-refractivity contribution in [2.75, 3.05) is 13.1 Å². The zero-order chi connectivity index (χ0) is 15.0. The molecule has 1 aromatic carbocycles. The normalized spacial score (nSPS) is 19.6. The number of nitrogens with zero attached hydrogens (tertiary/aromatic N) is 1. The summed E-state index contributed by atoms with van der Waals surface area (Å²) in [6, 6.07) is 7.74. The van der Waals surface area contributed by atoms with Gasteiger partial charge in [-0.05, 0) is 30.2 Å². The molecule has 2 N–H and O–H groups in total. The zero-order valence-electron chi connectivity index (χ0n) is 11.4. The molecular formula is C14H16N2O4S. The van der Waals surface area contributed by atoms with Crippen LogP contribution >= 0.6 is 0 Å². The number of amides is 1. The molecule has 6 nitrogen and oxygen atoms in total. The predicted octanol–water partition coefficient (Wildman–Crippen LogP) is 0.865. The highest BCUT2D eigenvalue weighted by molar-refractivity contribution is 7.89. The molecule has 0 radical (unpaired) electrons. The minimum Gasteiger partial charge on any atom is -0.464 e. The van der Waals surface area contributed by atoms with Crippen LogP contribution in [0.1, 0.15) is 12.0 Å². The van der Waals surface area contributed by atoms with Gasteiger partial charge in [-0.3, -0.25) is 4.79 Å². The summed E-state index contributed by atoms with van der Waals surface area (Å²) < 4.78 is 27.9. The Kier molecular flexibility index (Phi) is 3.46. The van der Waals surface area contributed by atoms with Crippen molar-refractivity contribution in [3.05, 3.63) is 36.1 Å². The van der Waals surface area contributed by atoms with Crippen LogP contribution in [0.25, 0.3) is 11.0 Å². The van der Waals surface area contributed by atoms with E-state index in [0.717, 1.165) is 16.5 Å². The molecule has 1 atom stereocenters. The lowest BCUT2D eigenvalue weighted by molar-refractivity contribution is -0.127. The highest BCUT2D eigenvalue weighted by Gasteiger charge is 2.35. The van der Waals surface area contributed by atoms with Crippen molar-refractivity contribution in [2.45, 2.75) is 18.1 Å². The third-order valence-corrected chi connectivity index (χ3v) is 5.08. The Bertz CT molecular complexity index is 781. The number of carbonyl (C=O) groups is 1. The molecule has 1 saturated heterocycles. The molecule has 1 aliphatic rings. The van der Waals surface area contributed by atoms with Crippen LogP contribution in [0.3, 0.4) is 0 Å². The number of rotatable bonds is 4. The maximum Gasteiger partial charge on any atom is 0.224 e. The van der Waals surface area contributed by atoms with E-state index < -0.39 is 15.3 Å². The number of sulfonamides is 1. The van der Waals surface area contributed by atoms with Gasteiger partial charge in [-0.25, -0.2) is 13.6 Å². The average molecular weight is 308 g/mol. The molecule has 112 valence electrons. The zero-order valence-corrected chi connectivity index (χ0v) is 12.2. The molecule has 1 fully saturated rings. The second kappa shape index (κ2) is 5.16. The van der Waals surface area contributed by atoms with Crippen LogP contribution in [0, 0.1) is 0 Å². The van der Waals surface area contributed by atoms with Crippen LogP contribution in [0.2, 0.25) is 0 Å². The minimum atomic E-state index is -3.65. The maximum absolute atomic E-state index is 11.8. The lowest BCUT2D eigenvalue weighted by Gasteiger charge is -2.16. The van der Waals surface area contributed by atoms with E-state index in [1.165, 1.54) is 0 Å². The molecular weight excluding hydrogens is 292 g/mol. The smallest absolute Gasteiger partial charge is 0.224 e. The molecule has 0 saturated carbocycles. The summed E-state index contributed by atoms with van der Waals surface area (Å²) in [7, 11) is -3.65. The predicted molar refractivity (Wildman–Crippen MR) is 78.0 cm³/mol. The van der Waals surface area contributed by atoms with E-state index in [9.17, 15) is 13.2 Å². The molecule has 0 bridgehead atoms. The molecule has 2 heterocycles. The van der Waals surface area contributed by atoms with Gasteiger partial charge >= 0.3 is 0 Å². The first-order chi connectivity index (χ1) is 9.93. The number of hydrogen-bond acceptors (Lipinski definition) is 4. The molecule has 3 rings (SSSR count). The maximum atomic E-state index is 11.8. The summed E-state index contributed by atoms with van der Waals surface area (Å²) in [6.07, 6.45) is 2.29. The van der Waals surface area contributed by atoms with Gasteiger partial charge in [-0.15, -0.1) is 0 Å². The molecule has 7 heteroatoms. The molecule has 21 heavy (non-hydrogen) atoms. The van der Waals surface area contributed by atoms with E-state index in [1.807, 2.05) is 24.3 Å². The van der Waals surface area contributed by atoms with Gasteiger partial charge in [0.1, 0.15) is 10.8 Å². The summed E-state index contributed by atoms with van der Waals surface area (Å²) in [6.45, 7) is 0.680.